The van der Waals surface area contributed by atoms with Gasteiger partial charge in [-0.3, -0.25) is 4.90 Å². The van der Waals surface area contributed by atoms with E-state index in [-0.39, 0.29) is 0 Å². The SMILES string of the molecule is CCN1C2CCCCC2C2CCCC(C3CCCCC3)C21. The van der Waals surface area contributed by atoms with E-state index in [9.17, 15) is 0 Å². The fourth-order valence-corrected chi connectivity index (χ4v) is 7.00. The van der Waals surface area contributed by atoms with E-state index in [2.05, 4.69) is 11.8 Å². The van der Waals surface area contributed by atoms with Gasteiger partial charge in [0.2, 0.25) is 0 Å². The van der Waals surface area contributed by atoms with Gasteiger partial charge in [-0.05, 0) is 55.9 Å². The van der Waals surface area contributed by atoms with Crippen molar-refractivity contribution in [3.8, 4) is 0 Å². The van der Waals surface area contributed by atoms with Gasteiger partial charge in [-0.1, -0.05) is 58.3 Å². The van der Waals surface area contributed by atoms with E-state index in [4.69, 9.17) is 0 Å². The second kappa shape index (κ2) is 6.22. The van der Waals surface area contributed by atoms with Crippen molar-refractivity contribution < 1.29 is 0 Å². The minimum Gasteiger partial charge on any atom is -0.297 e. The van der Waals surface area contributed by atoms with Crippen molar-refractivity contribution in [2.24, 2.45) is 23.7 Å². The zero-order chi connectivity index (χ0) is 14.2. The summed E-state index contributed by atoms with van der Waals surface area (Å²) in [5.41, 5.74) is 0. The highest BCUT2D eigenvalue weighted by molar-refractivity contribution is 5.06. The maximum atomic E-state index is 3.02. The van der Waals surface area contributed by atoms with Gasteiger partial charge in [0.25, 0.3) is 0 Å². The molecule has 1 heteroatoms. The molecule has 0 radical (unpaired) electrons. The molecule has 4 fully saturated rings. The smallest absolute Gasteiger partial charge is 0.0161 e. The molecule has 0 aromatic rings. The third kappa shape index (κ3) is 2.48. The van der Waals surface area contributed by atoms with Crippen molar-refractivity contribution in [1.29, 1.82) is 0 Å². The van der Waals surface area contributed by atoms with Crippen LogP contribution in [0.25, 0.3) is 0 Å². The first-order valence-electron chi connectivity index (χ1n) is 10.2. The standard InChI is InChI=1S/C20H35N/c1-2-21-19-14-7-6-11-17(19)18-13-8-12-16(20(18)21)15-9-4-3-5-10-15/h15-20H,2-14H2,1H3. The summed E-state index contributed by atoms with van der Waals surface area (Å²) in [4.78, 5) is 3.02. The fraction of sp³-hybridized carbons (Fsp3) is 1.00. The summed E-state index contributed by atoms with van der Waals surface area (Å²) in [7, 11) is 0. The molecule has 1 nitrogen and oxygen atoms in total. The predicted molar refractivity (Wildman–Crippen MR) is 89.3 cm³/mol. The van der Waals surface area contributed by atoms with E-state index in [0.29, 0.717) is 0 Å². The van der Waals surface area contributed by atoms with Crippen molar-refractivity contribution >= 4 is 0 Å². The lowest BCUT2D eigenvalue weighted by Crippen LogP contribution is -2.46. The van der Waals surface area contributed by atoms with Crippen LogP contribution in [0.3, 0.4) is 0 Å². The molecule has 4 aliphatic rings. The van der Waals surface area contributed by atoms with Crippen LogP contribution in [0, 0.1) is 23.7 Å². The first-order valence-corrected chi connectivity index (χ1v) is 10.2. The highest BCUT2D eigenvalue weighted by atomic mass is 15.2. The number of hydrogen-bond donors (Lipinski definition) is 0. The summed E-state index contributed by atoms with van der Waals surface area (Å²) < 4.78 is 0. The lowest BCUT2D eigenvalue weighted by atomic mass is 9.65. The van der Waals surface area contributed by atoms with Crippen LogP contribution in [0.4, 0.5) is 0 Å². The van der Waals surface area contributed by atoms with Crippen LogP contribution in [0.1, 0.15) is 84.0 Å². The quantitative estimate of drug-likeness (QED) is 0.671. The Hall–Kier alpha value is -0.0400. The van der Waals surface area contributed by atoms with Crippen molar-refractivity contribution in [2.75, 3.05) is 6.54 Å². The van der Waals surface area contributed by atoms with E-state index in [1.54, 1.807) is 38.5 Å². The lowest BCUT2D eigenvalue weighted by molar-refractivity contribution is 0.0532. The monoisotopic (exact) mass is 289 g/mol. The molecule has 4 rings (SSSR count). The maximum Gasteiger partial charge on any atom is 0.0161 e. The van der Waals surface area contributed by atoms with Crippen molar-refractivity contribution in [3.63, 3.8) is 0 Å². The Bertz CT molecular complexity index is 332. The summed E-state index contributed by atoms with van der Waals surface area (Å²) >= 11 is 0. The van der Waals surface area contributed by atoms with Gasteiger partial charge < -0.3 is 0 Å². The number of fused-ring (bicyclic) bond motifs is 3. The van der Waals surface area contributed by atoms with Crippen LogP contribution in [0.2, 0.25) is 0 Å². The molecule has 1 heterocycles. The van der Waals surface area contributed by atoms with Gasteiger partial charge in [-0.15, -0.1) is 0 Å². The fourth-order valence-electron chi connectivity index (χ4n) is 7.00. The summed E-state index contributed by atoms with van der Waals surface area (Å²) in [5, 5.41) is 0. The minimum absolute atomic E-state index is 0.975. The normalized spacial score (nSPS) is 45.3. The number of nitrogens with zero attached hydrogens (tertiary/aromatic N) is 1. The van der Waals surface area contributed by atoms with E-state index in [0.717, 1.165) is 35.8 Å². The van der Waals surface area contributed by atoms with E-state index >= 15 is 0 Å². The first kappa shape index (κ1) is 14.5. The van der Waals surface area contributed by atoms with Gasteiger partial charge in [0.05, 0.1) is 0 Å². The second-order valence-electron chi connectivity index (χ2n) is 8.49. The lowest BCUT2D eigenvalue weighted by Gasteiger charge is -2.44. The molecular formula is C20H35N. The minimum atomic E-state index is 0.975. The molecule has 0 aromatic heterocycles. The Labute approximate surface area is 131 Å². The molecule has 5 atom stereocenters. The zero-order valence-corrected chi connectivity index (χ0v) is 14.1. The second-order valence-corrected chi connectivity index (χ2v) is 8.49. The summed E-state index contributed by atoms with van der Waals surface area (Å²) in [6.45, 7) is 3.77. The molecule has 0 spiro atoms. The van der Waals surface area contributed by atoms with Gasteiger partial charge >= 0.3 is 0 Å². The molecule has 5 unspecified atom stereocenters. The van der Waals surface area contributed by atoms with Gasteiger partial charge in [0.15, 0.2) is 0 Å². The van der Waals surface area contributed by atoms with E-state index in [1.807, 2.05) is 0 Å². The van der Waals surface area contributed by atoms with Crippen LogP contribution in [-0.4, -0.2) is 23.5 Å². The summed E-state index contributed by atoms with van der Waals surface area (Å²) in [6.07, 6.45) is 18.4. The van der Waals surface area contributed by atoms with Crippen LogP contribution in [0.15, 0.2) is 0 Å². The van der Waals surface area contributed by atoms with E-state index < -0.39 is 0 Å². The maximum absolute atomic E-state index is 3.02. The molecule has 0 aromatic carbocycles. The average molecular weight is 290 g/mol. The summed E-state index contributed by atoms with van der Waals surface area (Å²) in [5.74, 6) is 4.31. The Balaban J connectivity index is 1.58. The largest absolute Gasteiger partial charge is 0.297 e. The van der Waals surface area contributed by atoms with Crippen molar-refractivity contribution in [3.05, 3.63) is 0 Å². The van der Waals surface area contributed by atoms with Crippen molar-refractivity contribution in [2.45, 2.75) is 96.1 Å². The molecule has 3 aliphatic carbocycles. The Morgan fingerprint density at radius 2 is 1.33 bits per heavy atom. The van der Waals surface area contributed by atoms with Crippen molar-refractivity contribution in [1.82, 2.24) is 4.90 Å². The molecule has 1 saturated heterocycles. The molecule has 120 valence electrons. The Kier molecular flexibility index (Phi) is 4.31. The van der Waals surface area contributed by atoms with Crippen LogP contribution in [-0.2, 0) is 0 Å². The topological polar surface area (TPSA) is 3.24 Å². The van der Waals surface area contributed by atoms with Gasteiger partial charge in [0, 0.05) is 12.1 Å². The zero-order valence-electron chi connectivity index (χ0n) is 14.1. The average Bonchev–Trinajstić information content (AvgIpc) is 2.89. The highest BCUT2D eigenvalue weighted by Gasteiger charge is 2.53. The predicted octanol–water partition coefficient (Wildman–Crippen LogP) is 5.25. The van der Waals surface area contributed by atoms with Gasteiger partial charge in [0.1, 0.15) is 0 Å². The summed E-state index contributed by atoms with van der Waals surface area (Å²) in [6, 6.07) is 1.96. The molecular weight excluding hydrogens is 254 g/mol. The molecule has 21 heavy (non-hydrogen) atoms. The third-order valence-electron chi connectivity index (χ3n) is 7.71. The Morgan fingerprint density at radius 3 is 2.14 bits per heavy atom. The van der Waals surface area contributed by atoms with E-state index in [1.165, 1.54) is 45.1 Å². The number of likely N-dealkylation sites (tertiary alicyclic amines) is 1. The molecule has 1 aliphatic heterocycles. The van der Waals surface area contributed by atoms with Gasteiger partial charge in [-0.25, -0.2) is 0 Å². The first-order chi connectivity index (χ1) is 10.4. The third-order valence-corrected chi connectivity index (χ3v) is 7.71. The van der Waals surface area contributed by atoms with Crippen LogP contribution < -0.4 is 0 Å². The van der Waals surface area contributed by atoms with Crippen LogP contribution in [0.5, 0.6) is 0 Å². The molecule has 0 amide bonds. The number of hydrogen-bond acceptors (Lipinski definition) is 1. The molecule has 3 saturated carbocycles. The molecule has 0 N–H and O–H groups in total. The number of rotatable bonds is 2. The van der Waals surface area contributed by atoms with Gasteiger partial charge in [-0.2, -0.15) is 0 Å². The molecule has 0 bridgehead atoms. The highest BCUT2D eigenvalue weighted by Crippen LogP contribution is 2.53. The Morgan fingerprint density at radius 1 is 0.667 bits per heavy atom. The van der Waals surface area contributed by atoms with Crippen LogP contribution >= 0.6 is 0 Å².